The van der Waals surface area contributed by atoms with Crippen molar-refractivity contribution in [2.75, 3.05) is 38.2 Å². The Morgan fingerprint density at radius 3 is 2.55 bits per heavy atom. The fraction of sp³-hybridized carbons (Fsp3) is 0.500. The van der Waals surface area contributed by atoms with Crippen LogP contribution >= 0.6 is 0 Å². The first kappa shape index (κ1) is 23.1. The number of hydrogen-bond donors (Lipinski definition) is 1. The van der Waals surface area contributed by atoms with E-state index in [9.17, 15) is 4.79 Å². The molecule has 3 aliphatic rings. The van der Waals surface area contributed by atoms with E-state index in [2.05, 4.69) is 33.0 Å². The first-order valence-corrected chi connectivity index (χ1v) is 11.7. The summed E-state index contributed by atoms with van der Waals surface area (Å²) < 4.78 is 5.42. The summed E-state index contributed by atoms with van der Waals surface area (Å²) in [7, 11) is 1.69. The van der Waals surface area contributed by atoms with Crippen LogP contribution in [0.4, 0.5) is 5.69 Å². The van der Waals surface area contributed by atoms with Crippen molar-refractivity contribution in [1.29, 1.82) is 0 Å². The van der Waals surface area contributed by atoms with Gasteiger partial charge in [0.15, 0.2) is 0 Å². The Labute approximate surface area is 195 Å². The van der Waals surface area contributed by atoms with Gasteiger partial charge in [0.2, 0.25) is 5.91 Å². The number of hydrogen-bond acceptors (Lipinski definition) is 5. The van der Waals surface area contributed by atoms with Gasteiger partial charge in [0, 0.05) is 43.8 Å². The average molecular weight is 452 g/mol. The first-order valence-electron chi connectivity index (χ1n) is 11.7. The van der Waals surface area contributed by atoms with Crippen LogP contribution in [0.25, 0.3) is 0 Å². The lowest BCUT2D eigenvalue weighted by Crippen LogP contribution is -2.65. The lowest BCUT2D eigenvalue weighted by atomic mass is 9.73. The Balaban J connectivity index is 0.000000821. The van der Waals surface area contributed by atoms with E-state index in [1.807, 2.05) is 31.3 Å². The van der Waals surface area contributed by atoms with Crippen LogP contribution in [-0.4, -0.2) is 60.7 Å². The van der Waals surface area contributed by atoms with E-state index in [0.29, 0.717) is 5.91 Å². The summed E-state index contributed by atoms with van der Waals surface area (Å²) in [5.74, 6) is 2.65. The summed E-state index contributed by atoms with van der Waals surface area (Å²) >= 11 is 0. The molecule has 0 unspecified atom stereocenters. The third kappa shape index (κ3) is 4.82. The number of amides is 1. The topological polar surface area (TPSA) is 83.0 Å². The number of likely N-dealkylation sites (tertiary alicyclic amines) is 1. The lowest BCUT2D eigenvalue weighted by molar-refractivity contribution is -0.143. The van der Waals surface area contributed by atoms with Crippen LogP contribution in [0.15, 0.2) is 42.6 Å². The minimum Gasteiger partial charge on any atom is -0.497 e. The molecule has 1 aromatic carbocycles. The number of nitrogens with zero attached hydrogens (tertiary/aromatic N) is 3. The number of carboxylic acid groups (broad SMARTS) is 1. The van der Waals surface area contributed by atoms with Crippen LogP contribution < -0.4 is 9.64 Å². The van der Waals surface area contributed by atoms with Gasteiger partial charge in [0.25, 0.3) is 6.47 Å². The van der Waals surface area contributed by atoms with Gasteiger partial charge in [-0.3, -0.25) is 14.6 Å². The van der Waals surface area contributed by atoms with E-state index >= 15 is 0 Å². The molecule has 0 bridgehead atoms. The van der Waals surface area contributed by atoms with Gasteiger partial charge in [-0.1, -0.05) is 18.6 Å². The van der Waals surface area contributed by atoms with Gasteiger partial charge in [0.1, 0.15) is 5.75 Å². The van der Waals surface area contributed by atoms with E-state index in [1.54, 1.807) is 7.11 Å². The number of fused-ring (bicyclic) bond motifs is 1. The number of pyridine rings is 1. The van der Waals surface area contributed by atoms with Gasteiger partial charge >= 0.3 is 0 Å². The fourth-order valence-electron chi connectivity index (χ4n) is 5.83. The molecule has 1 aliphatic carbocycles. The maximum atomic E-state index is 13.8. The molecule has 7 nitrogen and oxygen atoms in total. The molecule has 3 heterocycles. The zero-order valence-electron chi connectivity index (χ0n) is 19.4. The van der Waals surface area contributed by atoms with Crippen molar-refractivity contribution in [3.05, 3.63) is 53.9 Å². The molecule has 1 saturated carbocycles. The number of aryl methyl sites for hydroxylation is 1. The highest BCUT2D eigenvalue weighted by Crippen LogP contribution is 2.43. The molecule has 2 saturated heterocycles. The Bertz CT molecular complexity index is 977. The number of aromatic nitrogens is 1. The second kappa shape index (κ2) is 9.81. The summed E-state index contributed by atoms with van der Waals surface area (Å²) in [6.07, 6.45) is 6.53. The van der Waals surface area contributed by atoms with Crippen molar-refractivity contribution in [2.24, 2.45) is 17.3 Å². The standard InChI is InChI=1S/C25H31N3O2.CH2O2/c1-18-11-22(9-10-26-18)28-16-25(17-28,13-19-5-3-8-23(12-19)30-2)24(29)27-14-20-6-4-7-21(20)15-27;2-1-3/h3,5,8-12,20-21H,4,6-7,13-17H2,1-2H3;1H,(H,2,3)/t20-,21+;. The van der Waals surface area contributed by atoms with Crippen molar-refractivity contribution in [2.45, 2.75) is 32.6 Å². The summed E-state index contributed by atoms with van der Waals surface area (Å²) in [6.45, 7) is 5.20. The van der Waals surface area contributed by atoms with Gasteiger partial charge in [-0.05, 0) is 67.9 Å². The molecular formula is C26H33N3O4. The van der Waals surface area contributed by atoms with Crippen molar-refractivity contribution in [3.8, 4) is 5.75 Å². The maximum absolute atomic E-state index is 13.8. The molecule has 2 aliphatic heterocycles. The summed E-state index contributed by atoms with van der Waals surface area (Å²) in [6, 6.07) is 12.3. The Hall–Kier alpha value is -3.09. The molecule has 5 rings (SSSR count). The number of ether oxygens (including phenoxy) is 1. The summed E-state index contributed by atoms with van der Waals surface area (Å²) in [4.78, 5) is 31.0. The van der Waals surface area contributed by atoms with Gasteiger partial charge in [-0.15, -0.1) is 0 Å². The second-order valence-electron chi connectivity index (χ2n) is 9.59. The molecule has 7 heteroatoms. The lowest BCUT2D eigenvalue weighted by Gasteiger charge is -2.51. The number of methoxy groups -OCH3 is 1. The van der Waals surface area contributed by atoms with Gasteiger partial charge < -0.3 is 19.6 Å². The van der Waals surface area contributed by atoms with E-state index in [0.717, 1.165) is 61.6 Å². The zero-order chi connectivity index (χ0) is 23.4. The van der Waals surface area contributed by atoms with E-state index < -0.39 is 0 Å². The summed E-state index contributed by atoms with van der Waals surface area (Å²) in [5.41, 5.74) is 2.99. The zero-order valence-corrected chi connectivity index (χ0v) is 19.4. The molecule has 3 fully saturated rings. The Morgan fingerprint density at radius 2 is 1.91 bits per heavy atom. The van der Waals surface area contributed by atoms with E-state index in [4.69, 9.17) is 14.6 Å². The number of carbonyl (C=O) groups excluding carboxylic acids is 1. The molecule has 0 spiro atoms. The molecule has 2 atom stereocenters. The molecular weight excluding hydrogens is 418 g/mol. The number of anilines is 1. The molecule has 0 radical (unpaired) electrons. The van der Waals surface area contributed by atoms with E-state index in [1.165, 1.54) is 24.8 Å². The van der Waals surface area contributed by atoms with Crippen LogP contribution in [0.5, 0.6) is 5.75 Å². The fourth-order valence-corrected chi connectivity index (χ4v) is 5.83. The molecule has 2 aromatic rings. The molecule has 1 amide bonds. The monoisotopic (exact) mass is 451 g/mol. The van der Waals surface area contributed by atoms with Gasteiger partial charge in [-0.25, -0.2) is 0 Å². The summed E-state index contributed by atoms with van der Waals surface area (Å²) in [5, 5.41) is 6.89. The normalized spacial score (nSPS) is 22.6. The smallest absolute Gasteiger partial charge is 0.290 e. The van der Waals surface area contributed by atoms with E-state index in [-0.39, 0.29) is 11.9 Å². The van der Waals surface area contributed by atoms with Crippen LogP contribution in [-0.2, 0) is 16.0 Å². The van der Waals surface area contributed by atoms with Crippen LogP contribution in [0.1, 0.15) is 30.5 Å². The van der Waals surface area contributed by atoms with Crippen molar-refractivity contribution < 1.29 is 19.4 Å². The Kier molecular flexibility index (Phi) is 6.86. The maximum Gasteiger partial charge on any atom is 0.290 e. The molecule has 1 aromatic heterocycles. The third-order valence-corrected chi connectivity index (χ3v) is 7.38. The van der Waals surface area contributed by atoms with Crippen LogP contribution in [0.2, 0.25) is 0 Å². The van der Waals surface area contributed by atoms with Crippen molar-refractivity contribution >= 4 is 18.1 Å². The molecule has 33 heavy (non-hydrogen) atoms. The van der Waals surface area contributed by atoms with Crippen LogP contribution in [0, 0.1) is 24.2 Å². The Morgan fingerprint density at radius 1 is 1.21 bits per heavy atom. The second-order valence-corrected chi connectivity index (χ2v) is 9.59. The molecule has 1 N–H and O–H groups in total. The number of carbonyl (C=O) groups is 2. The number of benzene rings is 1. The minimum atomic E-state index is -0.359. The largest absolute Gasteiger partial charge is 0.497 e. The van der Waals surface area contributed by atoms with Gasteiger partial charge in [0.05, 0.1) is 12.5 Å². The third-order valence-electron chi connectivity index (χ3n) is 7.38. The first-order chi connectivity index (χ1) is 16.0. The highest BCUT2D eigenvalue weighted by atomic mass is 16.5. The van der Waals surface area contributed by atoms with Crippen molar-refractivity contribution in [3.63, 3.8) is 0 Å². The van der Waals surface area contributed by atoms with Crippen LogP contribution in [0.3, 0.4) is 0 Å². The highest BCUT2D eigenvalue weighted by molar-refractivity contribution is 5.87. The van der Waals surface area contributed by atoms with Gasteiger partial charge in [-0.2, -0.15) is 0 Å². The molecule has 176 valence electrons. The van der Waals surface area contributed by atoms with Crippen molar-refractivity contribution in [1.82, 2.24) is 9.88 Å². The average Bonchev–Trinajstić information content (AvgIpc) is 3.39. The predicted molar refractivity (Wildman–Crippen MR) is 126 cm³/mol. The minimum absolute atomic E-state index is 0.250. The SMILES string of the molecule is COc1cccc(CC2(C(=O)N3C[C@H]4CCC[C@H]4C3)CN(c3ccnc(C)c3)C2)c1.O=CO. The number of rotatable bonds is 5. The highest BCUT2D eigenvalue weighted by Gasteiger charge is 2.53. The quantitative estimate of drug-likeness (QED) is 0.702. The predicted octanol–water partition coefficient (Wildman–Crippen LogP) is 3.41.